The van der Waals surface area contributed by atoms with Crippen LogP contribution in [0.4, 0.5) is 4.79 Å². The summed E-state index contributed by atoms with van der Waals surface area (Å²) in [6.45, 7) is 1.24. The van der Waals surface area contributed by atoms with Crippen molar-refractivity contribution < 1.29 is 22.7 Å². The van der Waals surface area contributed by atoms with Crippen LogP contribution in [0.3, 0.4) is 0 Å². The van der Waals surface area contributed by atoms with Gasteiger partial charge in [-0.3, -0.25) is 4.79 Å². The second-order valence-corrected chi connectivity index (χ2v) is 8.89. The van der Waals surface area contributed by atoms with E-state index in [0.717, 1.165) is 5.56 Å². The number of nitrogens with zero attached hydrogens (tertiary/aromatic N) is 3. The number of hydrogen-bond acceptors (Lipinski definition) is 5. The number of rotatable bonds is 6. The molecule has 2 rings (SSSR count). The van der Waals surface area contributed by atoms with E-state index >= 15 is 0 Å². The maximum atomic E-state index is 13.1. The molecule has 0 aromatic heterocycles. The number of alkyl carbamates (subject to hydrolysis) is 1. The summed E-state index contributed by atoms with van der Waals surface area (Å²) in [5, 5.41) is 2.60. The number of carbonyl (C=O) groups is 2. The van der Waals surface area contributed by atoms with E-state index in [-0.39, 0.29) is 19.0 Å². The van der Waals surface area contributed by atoms with Gasteiger partial charge in [0.15, 0.2) is 0 Å². The van der Waals surface area contributed by atoms with E-state index in [1.807, 2.05) is 30.3 Å². The molecule has 1 aliphatic heterocycles. The molecule has 1 aliphatic rings. The Morgan fingerprint density at radius 3 is 2.43 bits per heavy atom. The minimum Gasteiger partial charge on any atom is -0.453 e. The molecule has 1 aromatic rings. The van der Waals surface area contributed by atoms with Crippen molar-refractivity contribution >= 4 is 22.2 Å². The molecule has 156 valence electrons. The molecule has 0 radical (unpaired) electrons. The lowest BCUT2D eigenvalue weighted by Gasteiger charge is -2.27. The van der Waals surface area contributed by atoms with Crippen LogP contribution in [-0.2, 0) is 26.2 Å². The third kappa shape index (κ3) is 5.66. The van der Waals surface area contributed by atoms with Gasteiger partial charge in [-0.15, -0.1) is 0 Å². The van der Waals surface area contributed by atoms with E-state index in [1.165, 1.54) is 29.8 Å². The zero-order valence-corrected chi connectivity index (χ0v) is 17.3. The number of carbonyl (C=O) groups excluding carboxylic acids is 2. The molecule has 1 N–H and O–H groups in total. The van der Waals surface area contributed by atoms with E-state index in [4.69, 9.17) is 0 Å². The normalized spacial score (nSPS) is 17.1. The van der Waals surface area contributed by atoms with Gasteiger partial charge in [0.1, 0.15) is 6.04 Å². The maximum Gasteiger partial charge on any atom is 0.407 e. The molecular weight excluding hydrogens is 384 g/mol. The highest BCUT2D eigenvalue weighted by Crippen LogP contribution is 2.13. The average Bonchev–Trinajstić information content (AvgIpc) is 2.94. The summed E-state index contributed by atoms with van der Waals surface area (Å²) in [6.07, 6.45) is 0.168. The molecule has 2 amide bonds. The minimum atomic E-state index is -3.53. The monoisotopic (exact) mass is 412 g/mol. The van der Waals surface area contributed by atoms with Crippen molar-refractivity contribution in [2.45, 2.75) is 18.9 Å². The lowest BCUT2D eigenvalue weighted by molar-refractivity contribution is -0.133. The third-order valence-electron chi connectivity index (χ3n) is 4.61. The Balaban J connectivity index is 2.11. The van der Waals surface area contributed by atoms with Crippen LogP contribution < -0.4 is 5.32 Å². The largest absolute Gasteiger partial charge is 0.453 e. The first-order valence-corrected chi connectivity index (χ1v) is 10.5. The number of hydrogen-bond donors (Lipinski definition) is 1. The molecular formula is C18H28N4O5S. The first kappa shape index (κ1) is 22.1. The van der Waals surface area contributed by atoms with Gasteiger partial charge in [-0.25, -0.2) is 4.79 Å². The molecule has 0 aliphatic carbocycles. The number of ether oxygens (including phenoxy) is 1. The number of amides is 2. The summed E-state index contributed by atoms with van der Waals surface area (Å²) in [5.74, 6) is -0.252. The van der Waals surface area contributed by atoms with Crippen molar-refractivity contribution in [2.24, 2.45) is 0 Å². The predicted octanol–water partition coefficient (Wildman–Crippen LogP) is 0.294. The summed E-state index contributed by atoms with van der Waals surface area (Å²) >= 11 is 0. The Morgan fingerprint density at radius 1 is 1.14 bits per heavy atom. The van der Waals surface area contributed by atoms with Crippen molar-refractivity contribution in [2.75, 3.05) is 47.4 Å². The third-order valence-corrected chi connectivity index (χ3v) is 6.55. The molecule has 1 aromatic carbocycles. The Labute approximate surface area is 166 Å². The fraction of sp³-hybridized carbons (Fsp3) is 0.556. The molecule has 9 nitrogen and oxygen atoms in total. The van der Waals surface area contributed by atoms with Crippen LogP contribution in [0, 0.1) is 0 Å². The van der Waals surface area contributed by atoms with Crippen LogP contribution in [-0.4, -0.2) is 87.4 Å². The van der Waals surface area contributed by atoms with Crippen LogP contribution in [0.5, 0.6) is 0 Å². The first-order chi connectivity index (χ1) is 13.3. The van der Waals surface area contributed by atoms with Crippen LogP contribution in [0.15, 0.2) is 30.3 Å². The SMILES string of the molecule is COC(=O)NC(Cc1ccccc1)C(=O)N1CCCN(S(=O)(=O)N(C)C)CC1. The molecule has 1 atom stereocenters. The van der Waals surface area contributed by atoms with Crippen molar-refractivity contribution in [1.82, 2.24) is 18.8 Å². The van der Waals surface area contributed by atoms with Gasteiger partial charge < -0.3 is 15.0 Å². The van der Waals surface area contributed by atoms with Gasteiger partial charge in [0.05, 0.1) is 7.11 Å². The lowest BCUT2D eigenvalue weighted by atomic mass is 10.0. The van der Waals surface area contributed by atoms with Crippen LogP contribution in [0.2, 0.25) is 0 Å². The van der Waals surface area contributed by atoms with Gasteiger partial charge in [0.2, 0.25) is 5.91 Å². The minimum absolute atomic E-state index is 0.211. The molecule has 10 heteroatoms. The van der Waals surface area contributed by atoms with Crippen LogP contribution >= 0.6 is 0 Å². The van der Waals surface area contributed by atoms with Gasteiger partial charge >= 0.3 is 6.09 Å². The number of nitrogens with one attached hydrogen (secondary N) is 1. The summed E-state index contributed by atoms with van der Waals surface area (Å²) < 4.78 is 31.9. The summed E-state index contributed by atoms with van der Waals surface area (Å²) in [7, 11) is 0.691. The van der Waals surface area contributed by atoms with Gasteiger partial charge in [-0.2, -0.15) is 17.0 Å². The summed E-state index contributed by atoms with van der Waals surface area (Å²) in [5.41, 5.74) is 0.906. The number of benzene rings is 1. The molecule has 0 bridgehead atoms. The Morgan fingerprint density at radius 2 is 1.82 bits per heavy atom. The molecule has 1 unspecified atom stereocenters. The fourth-order valence-corrected chi connectivity index (χ4v) is 4.18. The Bertz CT molecular complexity index is 769. The predicted molar refractivity (Wildman–Crippen MR) is 105 cm³/mol. The van der Waals surface area contributed by atoms with E-state index in [0.29, 0.717) is 25.9 Å². The first-order valence-electron chi connectivity index (χ1n) is 9.10. The maximum absolute atomic E-state index is 13.1. The molecule has 1 saturated heterocycles. The molecule has 1 fully saturated rings. The smallest absolute Gasteiger partial charge is 0.407 e. The highest BCUT2D eigenvalue weighted by molar-refractivity contribution is 7.86. The van der Waals surface area contributed by atoms with Gasteiger partial charge in [0.25, 0.3) is 10.2 Å². The molecule has 28 heavy (non-hydrogen) atoms. The van der Waals surface area contributed by atoms with Gasteiger partial charge in [0, 0.05) is 46.7 Å². The van der Waals surface area contributed by atoms with Crippen molar-refractivity contribution in [3.63, 3.8) is 0 Å². The zero-order valence-electron chi connectivity index (χ0n) is 16.5. The van der Waals surface area contributed by atoms with Gasteiger partial charge in [-0.1, -0.05) is 30.3 Å². The van der Waals surface area contributed by atoms with Crippen molar-refractivity contribution in [3.05, 3.63) is 35.9 Å². The molecule has 0 spiro atoms. The average molecular weight is 413 g/mol. The van der Waals surface area contributed by atoms with E-state index in [9.17, 15) is 18.0 Å². The second-order valence-electron chi connectivity index (χ2n) is 6.75. The Kier molecular flexibility index (Phi) is 7.78. The highest BCUT2D eigenvalue weighted by atomic mass is 32.2. The van der Waals surface area contributed by atoms with Crippen molar-refractivity contribution in [1.29, 1.82) is 0 Å². The van der Waals surface area contributed by atoms with Crippen LogP contribution in [0.1, 0.15) is 12.0 Å². The summed E-state index contributed by atoms with van der Waals surface area (Å²) in [4.78, 5) is 26.4. The zero-order chi connectivity index (χ0) is 20.7. The second kappa shape index (κ2) is 9.85. The lowest BCUT2D eigenvalue weighted by Crippen LogP contribution is -2.50. The van der Waals surface area contributed by atoms with E-state index in [1.54, 1.807) is 4.90 Å². The fourth-order valence-electron chi connectivity index (χ4n) is 3.05. The molecule has 1 heterocycles. The van der Waals surface area contributed by atoms with Gasteiger partial charge in [-0.05, 0) is 12.0 Å². The van der Waals surface area contributed by atoms with E-state index < -0.39 is 22.3 Å². The Hall–Kier alpha value is -2.17. The quantitative estimate of drug-likeness (QED) is 0.724. The summed E-state index contributed by atoms with van der Waals surface area (Å²) in [6, 6.07) is 8.59. The van der Waals surface area contributed by atoms with Crippen molar-refractivity contribution in [3.8, 4) is 0 Å². The standard InChI is InChI=1S/C18H28N4O5S/c1-20(2)28(25,26)22-11-7-10-21(12-13-22)17(23)16(19-18(24)27-3)14-15-8-5-4-6-9-15/h4-6,8-9,16H,7,10-14H2,1-3H3,(H,19,24). The molecule has 0 saturated carbocycles. The van der Waals surface area contributed by atoms with E-state index in [2.05, 4.69) is 10.1 Å². The number of methoxy groups -OCH3 is 1. The highest BCUT2D eigenvalue weighted by Gasteiger charge is 2.31. The van der Waals surface area contributed by atoms with Crippen LogP contribution in [0.25, 0.3) is 0 Å². The topological polar surface area (TPSA) is 99.3 Å².